The van der Waals surface area contributed by atoms with Crippen molar-refractivity contribution in [3.05, 3.63) is 101 Å². The number of hydrogen-bond acceptors (Lipinski definition) is 0. The molecule has 1 heterocycles. The Hall–Kier alpha value is -2.70. The number of unbranched alkanes of at least 4 members (excludes halogenated alkanes) is 47. The van der Waals surface area contributed by atoms with E-state index in [9.17, 15) is 5.53 Å². The van der Waals surface area contributed by atoms with Gasteiger partial charge in [0.1, 0.15) is 0 Å². The summed E-state index contributed by atoms with van der Waals surface area (Å²) in [7, 11) is 0. The van der Waals surface area contributed by atoms with Crippen molar-refractivity contribution in [1.29, 1.82) is 0 Å². The molecule has 3 heteroatoms. The Morgan fingerprint density at radius 3 is 0.963 bits per heavy atom. The van der Waals surface area contributed by atoms with Gasteiger partial charge in [-0.25, -0.2) is 4.70 Å². The molecule has 0 atom stereocenters. The molecule has 0 bridgehead atoms. The van der Waals surface area contributed by atoms with E-state index in [0.717, 1.165) is 61.0 Å². The molecular formula is C79H132N2Pd. The summed E-state index contributed by atoms with van der Waals surface area (Å²) in [5.74, 6) is 4.95. The molecule has 2 aromatic carbocycles. The molecule has 0 saturated carbocycles. The summed E-state index contributed by atoms with van der Waals surface area (Å²) in [4.78, 5) is 0. The van der Waals surface area contributed by atoms with E-state index >= 15 is 0 Å². The number of allylic oxidation sites excluding steroid dienone is 2. The minimum Gasteiger partial charge on any atom is -0.694 e. The van der Waals surface area contributed by atoms with Crippen LogP contribution in [0.2, 0.25) is 0 Å². The Morgan fingerprint density at radius 1 is 0.341 bits per heavy atom. The third-order valence-electron chi connectivity index (χ3n) is 17.1. The fraction of sp³-hybridized carbons (Fsp3) is 0.747. The van der Waals surface area contributed by atoms with Crippen LogP contribution < -0.4 is 0 Å². The summed E-state index contributed by atoms with van der Waals surface area (Å²) in [5, 5.41) is 0. The Balaban J connectivity index is 0.00000122. The molecule has 0 unspecified atom stereocenters. The molecule has 0 N–H and O–H groups in total. The molecule has 2 nitrogen and oxygen atoms in total. The summed E-state index contributed by atoms with van der Waals surface area (Å²) >= 11 is 0. The van der Waals surface area contributed by atoms with Crippen LogP contribution in [0.1, 0.15) is 391 Å². The van der Waals surface area contributed by atoms with Gasteiger partial charge < -0.3 is 30.2 Å². The largest absolute Gasteiger partial charge is 2.00 e. The smallest absolute Gasteiger partial charge is 0.694 e. The Morgan fingerprint density at radius 2 is 0.622 bits per heavy atom. The average molecular weight is 1220 g/mol. The molecule has 0 amide bonds. The normalized spacial score (nSPS) is 11.8. The monoisotopic (exact) mass is 1210 g/mol. The fourth-order valence-electron chi connectivity index (χ4n) is 11.7. The summed E-state index contributed by atoms with van der Waals surface area (Å²) in [5.41, 5.74) is 19.3. The van der Waals surface area contributed by atoms with E-state index < -0.39 is 0 Å². The molecule has 0 aliphatic carbocycles. The van der Waals surface area contributed by atoms with Crippen molar-refractivity contribution in [3.63, 3.8) is 0 Å². The molecule has 1 aliphatic heterocycles. The zero-order valence-electron chi connectivity index (χ0n) is 55.1. The van der Waals surface area contributed by atoms with Gasteiger partial charge >= 0.3 is 20.4 Å². The molecule has 82 heavy (non-hydrogen) atoms. The maximum atomic E-state index is 11.3. The van der Waals surface area contributed by atoms with E-state index in [1.807, 2.05) is 0 Å². The predicted octanol–water partition coefficient (Wildman–Crippen LogP) is 27.1. The zero-order chi connectivity index (χ0) is 58.6. The van der Waals surface area contributed by atoms with E-state index in [1.165, 1.54) is 330 Å². The van der Waals surface area contributed by atoms with Gasteiger partial charge in [-0.2, -0.15) is 0 Å². The molecule has 3 rings (SSSR count). The van der Waals surface area contributed by atoms with Crippen LogP contribution in [0.15, 0.2) is 60.2 Å². The molecule has 2 aromatic rings. The van der Waals surface area contributed by atoms with Crippen molar-refractivity contribution in [2.75, 3.05) is 0 Å². The summed E-state index contributed by atoms with van der Waals surface area (Å²) in [6.07, 6.45) is 89.3. The van der Waals surface area contributed by atoms with E-state index in [1.54, 1.807) is 0 Å². The standard InChI is InChI=1S/C31H42N2.2C24H45.Pd/c1-4-7-9-10-11-13-16-26-18-15-20-27(23-26)30-24-29(19-12-8-5-2)31(33(30)32)28-21-14-17-25(6-3)22-28;2*1-3-5-7-9-11-13-15-17-19-21-23-24-22-20-18-16-14-12-10-8-6-4-2;/h14-15,17-18,20-24H,4-13,16,19H2,1-3H3;2*3,5-24H2,1H3;/q;2*-1;+2. The van der Waals surface area contributed by atoms with Gasteiger partial charge in [0.15, 0.2) is 0 Å². The molecule has 0 aromatic heterocycles. The molecule has 0 radical (unpaired) electrons. The van der Waals surface area contributed by atoms with Crippen LogP contribution >= 0.6 is 0 Å². The second kappa shape index (κ2) is 62.8. The van der Waals surface area contributed by atoms with E-state index in [0.29, 0.717) is 0 Å². The minimum absolute atomic E-state index is 0. The first-order chi connectivity index (χ1) is 40.0. The number of rotatable bonds is 54. The van der Waals surface area contributed by atoms with Crippen LogP contribution in [0, 0.1) is 24.7 Å². The number of hydrogen-bond donors (Lipinski definition) is 0. The molecule has 0 fully saturated rings. The first-order valence-electron chi connectivity index (χ1n) is 35.9. The second-order valence-electron chi connectivity index (χ2n) is 24.7. The first-order valence-corrected chi connectivity index (χ1v) is 35.9. The number of nitrogens with zero attached hydrogens (tertiary/aromatic N) is 2. The third-order valence-corrected chi connectivity index (χ3v) is 17.1. The summed E-state index contributed by atoms with van der Waals surface area (Å²) < 4.78 is 1.44. The minimum atomic E-state index is 0. The van der Waals surface area contributed by atoms with Crippen molar-refractivity contribution >= 4 is 11.4 Å². The maximum Gasteiger partial charge on any atom is 2.00 e. The summed E-state index contributed by atoms with van der Waals surface area (Å²) in [6.45, 7) is 11.3. The van der Waals surface area contributed by atoms with Crippen LogP contribution in [-0.2, 0) is 33.3 Å². The predicted molar refractivity (Wildman–Crippen MR) is 362 cm³/mol. The van der Waals surface area contributed by atoms with Crippen LogP contribution in [0.25, 0.3) is 16.9 Å². The SMILES string of the molecule is CCCCCCCCc1cccc(C2=CC(CCCCC)=C(c3cccc(CC)c3)[N+]2=[N-])c1.[C-]#CCCCCCCCCCCCCCCCCCCCCCC.[C-]#CCCCCCCCCCCCCCCCCCCCCCC.[Pd+2]. The van der Waals surface area contributed by atoms with Crippen LogP contribution in [0.5, 0.6) is 0 Å². The Kier molecular flexibility index (Phi) is 60.8. The third kappa shape index (κ3) is 46.6. The second-order valence-corrected chi connectivity index (χ2v) is 24.7. The van der Waals surface area contributed by atoms with Crippen molar-refractivity contribution in [1.82, 2.24) is 0 Å². The molecule has 1 aliphatic rings. The number of benzene rings is 2. The topological polar surface area (TPSA) is 25.3 Å². The molecule has 0 spiro atoms. The molecule has 468 valence electrons. The van der Waals surface area contributed by atoms with E-state index in [4.69, 9.17) is 12.8 Å². The van der Waals surface area contributed by atoms with Gasteiger partial charge in [0, 0.05) is 22.8 Å². The van der Waals surface area contributed by atoms with Crippen LogP contribution in [0.4, 0.5) is 0 Å². The fourth-order valence-corrected chi connectivity index (χ4v) is 11.7. The molecule has 0 saturated heterocycles. The molecular weight excluding hydrogens is 1080 g/mol. The van der Waals surface area contributed by atoms with Crippen molar-refractivity contribution < 1.29 is 25.1 Å². The average Bonchev–Trinajstić information content (AvgIpc) is 3.98. The van der Waals surface area contributed by atoms with Gasteiger partial charge in [-0.1, -0.05) is 348 Å². The van der Waals surface area contributed by atoms with E-state index in [2.05, 4.69) is 101 Å². The summed E-state index contributed by atoms with van der Waals surface area (Å²) in [6, 6.07) is 17.4. The van der Waals surface area contributed by atoms with Gasteiger partial charge in [-0.05, 0) is 93.2 Å². The number of aryl methyl sites for hydroxylation is 2. The van der Waals surface area contributed by atoms with Gasteiger partial charge in [-0.3, -0.25) is 0 Å². The van der Waals surface area contributed by atoms with Crippen LogP contribution in [-0.4, -0.2) is 4.70 Å². The Bertz CT molecular complexity index is 1800. The van der Waals surface area contributed by atoms with Crippen molar-refractivity contribution in [2.45, 2.75) is 381 Å². The van der Waals surface area contributed by atoms with Gasteiger partial charge in [0.25, 0.3) is 0 Å². The van der Waals surface area contributed by atoms with Crippen molar-refractivity contribution in [2.24, 2.45) is 0 Å². The van der Waals surface area contributed by atoms with Crippen LogP contribution in [0.3, 0.4) is 0 Å². The van der Waals surface area contributed by atoms with Crippen molar-refractivity contribution in [3.8, 4) is 11.8 Å². The van der Waals surface area contributed by atoms with Gasteiger partial charge in [-0.15, -0.1) is 0 Å². The van der Waals surface area contributed by atoms with Gasteiger partial charge in [0.2, 0.25) is 11.4 Å². The quantitative estimate of drug-likeness (QED) is 0.0207. The first kappa shape index (κ1) is 79.3. The van der Waals surface area contributed by atoms with E-state index in [-0.39, 0.29) is 20.4 Å². The Labute approximate surface area is 527 Å². The zero-order valence-corrected chi connectivity index (χ0v) is 56.6. The maximum absolute atomic E-state index is 11.3. The van der Waals surface area contributed by atoms with Gasteiger partial charge in [0.05, 0.1) is 0 Å².